The first-order valence-corrected chi connectivity index (χ1v) is 9.33. The normalized spacial score (nSPS) is 10.3. The molecule has 8 heteroatoms. The topological polar surface area (TPSA) is 104 Å². The zero-order valence-electron chi connectivity index (χ0n) is 16.6. The third-order valence-electron chi connectivity index (χ3n) is 4.31. The molecule has 0 fully saturated rings. The lowest BCUT2D eigenvalue weighted by molar-refractivity contribution is -0.385. The van der Waals surface area contributed by atoms with Crippen LogP contribution >= 0.6 is 0 Å². The van der Waals surface area contributed by atoms with E-state index in [0.717, 1.165) is 5.56 Å². The summed E-state index contributed by atoms with van der Waals surface area (Å²) in [5.41, 5.74) is 2.11. The second kappa shape index (κ2) is 9.51. The van der Waals surface area contributed by atoms with Crippen molar-refractivity contribution in [2.24, 2.45) is 0 Å². The van der Waals surface area contributed by atoms with Crippen molar-refractivity contribution < 1.29 is 19.2 Å². The first-order valence-electron chi connectivity index (χ1n) is 9.33. The van der Waals surface area contributed by atoms with Crippen LogP contribution in [0.25, 0.3) is 0 Å². The number of anilines is 1. The van der Waals surface area contributed by atoms with E-state index in [1.165, 1.54) is 6.07 Å². The van der Waals surface area contributed by atoms with E-state index in [1.807, 2.05) is 19.1 Å². The summed E-state index contributed by atoms with van der Waals surface area (Å²) in [7, 11) is 0. The standard InChI is InChI=1S/C22H21N3O5/c1-3-29-21-12-17(5-7-20(21)30-14-16-8-10-23-11-9-16)22(26)24-18-6-4-15(2)19(13-18)25(27)28/h4-13H,3,14H2,1-2H3,(H,24,26). The summed E-state index contributed by atoms with van der Waals surface area (Å²) in [5.74, 6) is 0.542. The lowest BCUT2D eigenvalue weighted by Gasteiger charge is -2.13. The van der Waals surface area contributed by atoms with Gasteiger partial charge in [0.1, 0.15) is 6.61 Å². The van der Waals surface area contributed by atoms with Crippen LogP contribution in [0.3, 0.4) is 0 Å². The van der Waals surface area contributed by atoms with E-state index in [0.29, 0.717) is 41.5 Å². The fraction of sp³-hybridized carbons (Fsp3) is 0.182. The van der Waals surface area contributed by atoms with Crippen molar-refractivity contribution in [3.8, 4) is 11.5 Å². The summed E-state index contributed by atoms with van der Waals surface area (Å²) in [6, 6.07) is 13.1. The molecule has 154 valence electrons. The highest BCUT2D eigenvalue weighted by Crippen LogP contribution is 2.30. The summed E-state index contributed by atoms with van der Waals surface area (Å²) in [6.07, 6.45) is 3.37. The average molecular weight is 407 g/mol. The average Bonchev–Trinajstić information content (AvgIpc) is 2.75. The summed E-state index contributed by atoms with van der Waals surface area (Å²) in [6.45, 7) is 4.22. The van der Waals surface area contributed by atoms with Gasteiger partial charge in [-0.05, 0) is 55.8 Å². The molecular weight excluding hydrogens is 386 g/mol. The molecule has 1 heterocycles. The van der Waals surface area contributed by atoms with Crippen LogP contribution in [0.1, 0.15) is 28.4 Å². The molecule has 0 unspecified atom stereocenters. The number of nitrogens with zero attached hydrogens (tertiary/aromatic N) is 2. The third kappa shape index (κ3) is 5.11. The SMILES string of the molecule is CCOc1cc(C(=O)Nc2ccc(C)c([N+](=O)[O-])c2)ccc1OCc1ccncc1. The van der Waals surface area contributed by atoms with E-state index in [1.54, 1.807) is 49.6 Å². The number of aryl methyl sites for hydroxylation is 1. The molecule has 3 rings (SSSR count). The number of rotatable bonds is 8. The summed E-state index contributed by atoms with van der Waals surface area (Å²) in [5, 5.41) is 13.8. The molecule has 0 saturated carbocycles. The smallest absolute Gasteiger partial charge is 0.274 e. The molecule has 0 aliphatic carbocycles. The predicted molar refractivity (Wildman–Crippen MR) is 112 cm³/mol. The van der Waals surface area contributed by atoms with Gasteiger partial charge in [-0.25, -0.2) is 0 Å². The number of ether oxygens (including phenoxy) is 2. The van der Waals surface area contributed by atoms with Crippen LogP contribution in [-0.2, 0) is 6.61 Å². The van der Waals surface area contributed by atoms with Gasteiger partial charge in [0.05, 0.1) is 11.5 Å². The second-order valence-corrected chi connectivity index (χ2v) is 6.45. The largest absolute Gasteiger partial charge is 0.490 e. The maximum absolute atomic E-state index is 12.6. The zero-order valence-corrected chi connectivity index (χ0v) is 16.6. The van der Waals surface area contributed by atoms with Gasteiger partial charge in [0.25, 0.3) is 11.6 Å². The zero-order chi connectivity index (χ0) is 21.5. The molecule has 0 saturated heterocycles. The Morgan fingerprint density at radius 3 is 2.53 bits per heavy atom. The van der Waals surface area contributed by atoms with Crippen molar-refractivity contribution in [1.29, 1.82) is 0 Å². The van der Waals surface area contributed by atoms with Gasteiger partial charge in [-0.15, -0.1) is 0 Å². The highest BCUT2D eigenvalue weighted by molar-refractivity contribution is 6.04. The highest BCUT2D eigenvalue weighted by atomic mass is 16.6. The van der Waals surface area contributed by atoms with Gasteiger partial charge in [-0.1, -0.05) is 6.07 Å². The second-order valence-electron chi connectivity index (χ2n) is 6.45. The van der Waals surface area contributed by atoms with E-state index in [2.05, 4.69) is 10.3 Å². The number of hydrogen-bond donors (Lipinski definition) is 1. The van der Waals surface area contributed by atoms with E-state index in [-0.39, 0.29) is 5.69 Å². The van der Waals surface area contributed by atoms with Gasteiger partial charge < -0.3 is 14.8 Å². The number of carbonyl (C=O) groups excluding carboxylic acids is 1. The van der Waals surface area contributed by atoms with Crippen molar-refractivity contribution in [2.45, 2.75) is 20.5 Å². The molecule has 3 aromatic rings. The highest BCUT2D eigenvalue weighted by Gasteiger charge is 2.15. The molecule has 0 atom stereocenters. The Morgan fingerprint density at radius 1 is 1.07 bits per heavy atom. The quantitative estimate of drug-likeness (QED) is 0.435. The van der Waals surface area contributed by atoms with E-state index >= 15 is 0 Å². The van der Waals surface area contributed by atoms with Gasteiger partial charge in [0.15, 0.2) is 11.5 Å². The van der Waals surface area contributed by atoms with Gasteiger partial charge in [-0.3, -0.25) is 19.9 Å². The molecule has 1 amide bonds. The summed E-state index contributed by atoms with van der Waals surface area (Å²) >= 11 is 0. The van der Waals surface area contributed by atoms with E-state index in [9.17, 15) is 14.9 Å². The van der Waals surface area contributed by atoms with Crippen LogP contribution in [0.15, 0.2) is 60.9 Å². The molecule has 1 N–H and O–H groups in total. The number of amides is 1. The lowest BCUT2D eigenvalue weighted by Crippen LogP contribution is -2.12. The number of carbonyl (C=O) groups is 1. The Kier molecular flexibility index (Phi) is 6.59. The van der Waals surface area contributed by atoms with Crippen LogP contribution in [0.2, 0.25) is 0 Å². The minimum atomic E-state index is -0.479. The van der Waals surface area contributed by atoms with Gasteiger partial charge in [0, 0.05) is 35.3 Å². The van der Waals surface area contributed by atoms with Crippen molar-refractivity contribution in [3.63, 3.8) is 0 Å². The monoisotopic (exact) mass is 407 g/mol. The molecule has 8 nitrogen and oxygen atoms in total. The van der Waals surface area contributed by atoms with Crippen LogP contribution in [0, 0.1) is 17.0 Å². The van der Waals surface area contributed by atoms with Crippen LogP contribution in [0.5, 0.6) is 11.5 Å². The Morgan fingerprint density at radius 2 is 1.83 bits per heavy atom. The third-order valence-corrected chi connectivity index (χ3v) is 4.31. The Bertz CT molecular complexity index is 1050. The van der Waals surface area contributed by atoms with E-state index in [4.69, 9.17) is 9.47 Å². The Labute approximate surface area is 173 Å². The minimum absolute atomic E-state index is 0.0531. The van der Waals surface area contributed by atoms with Crippen molar-refractivity contribution in [3.05, 3.63) is 87.7 Å². The van der Waals surface area contributed by atoms with Crippen LogP contribution in [0.4, 0.5) is 11.4 Å². The molecule has 0 radical (unpaired) electrons. The number of nitro benzene ring substituents is 1. The fourth-order valence-corrected chi connectivity index (χ4v) is 2.76. The first kappa shape index (κ1) is 20.8. The maximum atomic E-state index is 12.6. The number of pyridine rings is 1. The molecule has 30 heavy (non-hydrogen) atoms. The predicted octanol–water partition coefficient (Wildman–Crippen LogP) is 4.53. The van der Waals surface area contributed by atoms with Crippen molar-refractivity contribution in [1.82, 2.24) is 4.98 Å². The molecule has 0 aliphatic heterocycles. The lowest BCUT2D eigenvalue weighted by atomic mass is 10.1. The molecule has 1 aromatic heterocycles. The number of nitrogens with one attached hydrogen (secondary N) is 1. The van der Waals surface area contributed by atoms with Gasteiger partial charge in [-0.2, -0.15) is 0 Å². The fourth-order valence-electron chi connectivity index (χ4n) is 2.76. The van der Waals surface area contributed by atoms with E-state index < -0.39 is 10.8 Å². The Hall–Kier alpha value is -3.94. The molecule has 2 aromatic carbocycles. The number of aromatic nitrogens is 1. The molecule has 0 spiro atoms. The molecule has 0 bridgehead atoms. The van der Waals surface area contributed by atoms with Gasteiger partial charge >= 0.3 is 0 Å². The Balaban J connectivity index is 1.77. The molecular formula is C22H21N3O5. The maximum Gasteiger partial charge on any atom is 0.274 e. The van der Waals surface area contributed by atoms with Crippen molar-refractivity contribution in [2.75, 3.05) is 11.9 Å². The number of benzene rings is 2. The minimum Gasteiger partial charge on any atom is -0.490 e. The number of hydrogen-bond acceptors (Lipinski definition) is 6. The van der Waals surface area contributed by atoms with Gasteiger partial charge in [0.2, 0.25) is 0 Å². The van der Waals surface area contributed by atoms with Crippen molar-refractivity contribution >= 4 is 17.3 Å². The summed E-state index contributed by atoms with van der Waals surface area (Å²) in [4.78, 5) is 27.2. The number of nitro groups is 1. The summed E-state index contributed by atoms with van der Waals surface area (Å²) < 4.78 is 11.5. The first-order chi connectivity index (χ1) is 14.5. The molecule has 0 aliphatic rings. The van der Waals surface area contributed by atoms with Crippen LogP contribution < -0.4 is 14.8 Å². The van der Waals surface area contributed by atoms with Crippen LogP contribution in [-0.4, -0.2) is 22.4 Å².